The van der Waals surface area contributed by atoms with E-state index in [9.17, 15) is 0 Å². The largest absolute Gasteiger partial charge is 0.483 e. The van der Waals surface area contributed by atoms with Gasteiger partial charge >= 0.3 is 0 Å². The average molecular weight is 149 g/mol. The fraction of sp³-hybridized carbons (Fsp3) is 0.857. The molecule has 3 nitrogen and oxygen atoms in total. The highest BCUT2D eigenvalue weighted by molar-refractivity contribution is 5.32. The predicted octanol–water partition coefficient (Wildman–Crippen LogP) is 1.29. The summed E-state index contributed by atoms with van der Waals surface area (Å²) < 4.78 is 0. The molecule has 1 N–H and O–H groups in total. The smallest absolute Gasteiger partial charge is 0.290 e. The van der Waals surface area contributed by atoms with Crippen molar-refractivity contribution in [3.8, 4) is 0 Å². The van der Waals surface area contributed by atoms with Crippen LogP contribution in [0.1, 0.15) is 20.3 Å². The van der Waals surface area contributed by atoms with Crippen LogP contribution in [-0.4, -0.2) is 37.6 Å². The van der Waals surface area contributed by atoms with Crippen molar-refractivity contribution in [3.05, 3.63) is 0 Å². The molecular weight excluding hydrogens is 130 g/mol. The third-order valence-corrected chi connectivity index (χ3v) is 0. The molecule has 0 radical (unpaired) electrons. The van der Waals surface area contributed by atoms with E-state index in [0.29, 0.717) is 0 Å². The van der Waals surface area contributed by atoms with E-state index < -0.39 is 0 Å². The molecule has 0 amide bonds. The van der Waals surface area contributed by atoms with Crippen LogP contribution in [0, 0.1) is 0 Å². The second-order valence-electron chi connectivity index (χ2n) is 2.15. The molecule has 0 aliphatic rings. The average Bonchev–Trinajstić information content (AvgIpc) is 1.65. The summed E-state index contributed by atoms with van der Waals surface area (Å²) >= 11 is 0. The SMILES string of the molecule is CCC.CN(C)C.O=CO. The van der Waals surface area contributed by atoms with Crippen molar-refractivity contribution in [1.29, 1.82) is 0 Å². The summed E-state index contributed by atoms with van der Waals surface area (Å²) in [5, 5.41) is 6.89. The van der Waals surface area contributed by atoms with Crippen LogP contribution < -0.4 is 0 Å². The maximum absolute atomic E-state index is 8.36. The van der Waals surface area contributed by atoms with Crippen LogP contribution >= 0.6 is 0 Å². The van der Waals surface area contributed by atoms with E-state index in [1.165, 1.54) is 6.42 Å². The van der Waals surface area contributed by atoms with Crippen molar-refractivity contribution >= 4 is 6.47 Å². The van der Waals surface area contributed by atoms with Gasteiger partial charge in [0.05, 0.1) is 0 Å². The summed E-state index contributed by atoms with van der Waals surface area (Å²) in [5.41, 5.74) is 0. The van der Waals surface area contributed by atoms with Gasteiger partial charge in [0.25, 0.3) is 6.47 Å². The van der Waals surface area contributed by atoms with Gasteiger partial charge in [0, 0.05) is 0 Å². The van der Waals surface area contributed by atoms with Crippen LogP contribution in [0.5, 0.6) is 0 Å². The summed E-state index contributed by atoms with van der Waals surface area (Å²) in [4.78, 5) is 10.4. The Balaban J connectivity index is -0.0000000750. The quantitative estimate of drug-likeness (QED) is 0.528. The minimum atomic E-state index is -0.250. The molecule has 0 unspecified atom stereocenters. The zero-order valence-corrected chi connectivity index (χ0v) is 7.59. The highest BCUT2D eigenvalue weighted by Gasteiger charge is 1.58. The van der Waals surface area contributed by atoms with Crippen LogP contribution in [0.25, 0.3) is 0 Å². The van der Waals surface area contributed by atoms with E-state index in [0.717, 1.165) is 0 Å². The molecule has 10 heavy (non-hydrogen) atoms. The topological polar surface area (TPSA) is 40.5 Å². The number of carbonyl (C=O) groups is 1. The standard InChI is InChI=1S/C3H9N.C3H8.CH2O2/c1-4(2)3;1-3-2;2-1-3/h1-3H3;3H2,1-2H3;1H,(H,2,3). The van der Waals surface area contributed by atoms with Gasteiger partial charge in [-0.2, -0.15) is 0 Å². The summed E-state index contributed by atoms with van der Waals surface area (Å²) in [7, 11) is 6.00. The lowest BCUT2D eigenvalue weighted by atomic mass is 10.6. The molecule has 0 bridgehead atoms. The first-order chi connectivity index (χ1) is 4.56. The third kappa shape index (κ3) is 945. The highest BCUT2D eigenvalue weighted by Crippen LogP contribution is 1.56. The first-order valence-electron chi connectivity index (χ1n) is 3.25. The number of nitrogens with zero attached hydrogens (tertiary/aromatic N) is 1. The van der Waals surface area contributed by atoms with Gasteiger partial charge in [-0.15, -0.1) is 0 Å². The molecule has 0 fully saturated rings. The molecule has 0 heterocycles. The molecule has 0 aliphatic carbocycles. The molecule has 0 aliphatic heterocycles. The normalized spacial score (nSPS) is 6.60. The number of hydrogen-bond donors (Lipinski definition) is 1. The maximum atomic E-state index is 8.36. The van der Waals surface area contributed by atoms with E-state index in [1.54, 1.807) is 0 Å². The van der Waals surface area contributed by atoms with E-state index in [4.69, 9.17) is 9.90 Å². The summed E-state index contributed by atoms with van der Waals surface area (Å²) in [6.07, 6.45) is 1.25. The van der Waals surface area contributed by atoms with Gasteiger partial charge in [0.2, 0.25) is 0 Å². The van der Waals surface area contributed by atoms with Gasteiger partial charge in [0.15, 0.2) is 0 Å². The van der Waals surface area contributed by atoms with Crippen molar-refractivity contribution in [2.24, 2.45) is 0 Å². The van der Waals surface area contributed by atoms with Gasteiger partial charge in [-0.25, -0.2) is 0 Å². The van der Waals surface area contributed by atoms with Crippen molar-refractivity contribution < 1.29 is 9.90 Å². The molecule has 64 valence electrons. The Morgan fingerprint density at radius 1 is 1.30 bits per heavy atom. The van der Waals surface area contributed by atoms with Gasteiger partial charge in [-0.1, -0.05) is 20.3 Å². The Labute approximate surface area is 63.7 Å². The van der Waals surface area contributed by atoms with Crippen molar-refractivity contribution in [2.75, 3.05) is 21.1 Å². The van der Waals surface area contributed by atoms with Crippen molar-refractivity contribution in [1.82, 2.24) is 4.90 Å². The minimum absolute atomic E-state index is 0.250. The third-order valence-electron chi connectivity index (χ3n) is 0. The lowest BCUT2D eigenvalue weighted by Gasteiger charge is -1.90. The molecule has 0 atom stereocenters. The first-order valence-corrected chi connectivity index (χ1v) is 3.25. The number of rotatable bonds is 0. The molecule has 0 aromatic rings. The Kier molecular flexibility index (Phi) is 38.4. The van der Waals surface area contributed by atoms with Crippen LogP contribution in [0.2, 0.25) is 0 Å². The molecule has 3 heteroatoms. The fourth-order valence-electron chi connectivity index (χ4n) is 0. The summed E-state index contributed by atoms with van der Waals surface area (Å²) in [5.74, 6) is 0. The lowest BCUT2D eigenvalue weighted by Crippen LogP contribution is -1.99. The van der Waals surface area contributed by atoms with Gasteiger partial charge in [0.1, 0.15) is 0 Å². The first kappa shape index (κ1) is 16.2. The molecule has 0 aromatic heterocycles. The van der Waals surface area contributed by atoms with Crippen molar-refractivity contribution in [3.63, 3.8) is 0 Å². The number of hydrogen-bond acceptors (Lipinski definition) is 2. The zero-order valence-electron chi connectivity index (χ0n) is 7.59. The molecule has 0 saturated carbocycles. The maximum Gasteiger partial charge on any atom is 0.290 e. The van der Waals surface area contributed by atoms with E-state index in [2.05, 4.69) is 13.8 Å². The minimum Gasteiger partial charge on any atom is -0.483 e. The lowest BCUT2D eigenvalue weighted by molar-refractivity contribution is -0.122. The van der Waals surface area contributed by atoms with Crippen LogP contribution in [0.4, 0.5) is 0 Å². The second kappa shape index (κ2) is 23.7. The van der Waals surface area contributed by atoms with Crippen LogP contribution in [0.3, 0.4) is 0 Å². The van der Waals surface area contributed by atoms with Gasteiger partial charge in [-0.3, -0.25) is 4.79 Å². The highest BCUT2D eigenvalue weighted by atomic mass is 16.3. The summed E-state index contributed by atoms with van der Waals surface area (Å²) in [6, 6.07) is 0. The Hall–Kier alpha value is -0.570. The van der Waals surface area contributed by atoms with Gasteiger partial charge < -0.3 is 10.0 Å². The monoisotopic (exact) mass is 149 g/mol. The second-order valence-corrected chi connectivity index (χ2v) is 2.15. The summed E-state index contributed by atoms with van der Waals surface area (Å²) in [6.45, 7) is 4.00. The van der Waals surface area contributed by atoms with E-state index in [-0.39, 0.29) is 6.47 Å². The van der Waals surface area contributed by atoms with Crippen molar-refractivity contribution in [2.45, 2.75) is 20.3 Å². The zero-order chi connectivity index (χ0) is 8.99. The molecular formula is C7H19NO2. The predicted molar refractivity (Wildman–Crippen MR) is 44.3 cm³/mol. The van der Waals surface area contributed by atoms with Crippen LogP contribution in [-0.2, 0) is 4.79 Å². The van der Waals surface area contributed by atoms with E-state index >= 15 is 0 Å². The van der Waals surface area contributed by atoms with Crippen LogP contribution in [0.15, 0.2) is 0 Å². The van der Waals surface area contributed by atoms with Gasteiger partial charge in [-0.05, 0) is 21.1 Å². The molecule has 0 saturated heterocycles. The Morgan fingerprint density at radius 3 is 1.30 bits per heavy atom. The Morgan fingerprint density at radius 2 is 1.30 bits per heavy atom. The Bertz CT molecular complexity index is 44.1. The van der Waals surface area contributed by atoms with E-state index in [1.807, 2.05) is 26.0 Å². The number of carboxylic acid groups (broad SMARTS) is 1. The fourth-order valence-corrected chi connectivity index (χ4v) is 0. The molecule has 0 spiro atoms. The molecule has 0 aromatic carbocycles. The molecule has 0 rings (SSSR count).